The number of ether oxygens (including phenoxy) is 2. The monoisotopic (exact) mass is 793 g/mol. The third-order valence-corrected chi connectivity index (χ3v) is 15.1. The normalized spacial score (nSPS) is 32.6. The zero-order valence-electron chi connectivity index (χ0n) is 33.1. The van der Waals surface area contributed by atoms with Gasteiger partial charge in [-0.3, -0.25) is 0 Å². The lowest BCUT2D eigenvalue weighted by atomic mass is 9.44. The van der Waals surface area contributed by atoms with E-state index in [9.17, 15) is 39.5 Å². The summed E-state index contributed by atoms with van der Waals surface area (Å²) in [7, 11) is 0. The van der Waals surface area contributed by atoms with Crippen molar-refractivity contribution >= 4 is 0 Å². The Balaban J connectivity index is 1.18. The Morgan fingerprint density at radius 1 is 0.593 bits per heavy atom. The van der Waals surface area contributed by atoms with Gasteiger partial charge in [-0.05, 0) is 130 Å². The predicted molar refractivity (Wildman–Crippen MR) is 193 cm³/mol. The Kier molecular flexibility index (Phi) is 16.5. The first-order chi connectivity index (χ1) is 25.3. The maximum Gasteiger partial charge on any atom is 0.435 e. The van der Waals surface area contributed by atoms with E-state index in [1.807, 2.05) is 6.92 Å². The summed E-state index contributed by atoms with van der Waals surface area (Å²) < 4.78 is 130. The van der Waals surface area contributed by atoms with Gasteiger partial charge in [0, 0.05) is 19.8 Å². The van der Waals surface area contributed by atoms with Gasteiger partial charge in [0.05, 0.1) is 6.10 Å². The summed E-state index contributed by atoms with van der Waals surface area (Å²) in [5, 5.41) is 8.85. The third-order valence-electron chi connectivity index (χ3n) is 15.1. The van der Waals surface area contributed by atoms with Crippen molar-refractivity contribution in [2.45, 2.75) is 199 Å². The highest BCUT2D eigenvalue weighted by atomic mass is 19.4. The number of aliphatic hydroxyl groups excluding tert-OH is 1. The summed E-state index contributed by atoms with van der Waals surface area (Å²) >= 11 is 0. The standard InChI is InChI=1S/C42H69F9O3/c1-30(17-16-28-54-39(40(43,44)45,41(46,47)48)42(49,50)51)34-20-21-35-33-19-18-31-29-32(22-24-37(31,2)36(33)23-25-38(34,35)3)53-27-15-13-11-9-7-5-4-6-8-10-12-14-26-52/h30-36,52H,4-29H2,1-3H3/t30-,31-,32-,33+,34-,35+,36+,37+,38-/m1/s1. The number of alkyl halides is 9. The third kappa shape index (κ3) is 10.3. The Labute approximate surface area is 318 Å². The number of unbranched alkanes of at least 4 members (excludes halogenated alkanes) is 11. The quantitative estimate of drug-likeness (QED) is 0.0929. The molecule has 0 aliphatic heterocycles. The molecule has 1 N–H and O–H groups in total. The van der Waals surface area contributed by atoms with Crippen LogP contribution in [0.5, 0.6) is 0 Å². The van der Waals surface area contributed by atoms with Gasteiger partial charge in [0.1, 0.15) is 0 Å². The fraction of sp³-hybridized carbons (Fsp3) is 1.00. The molecule has 4 fully saturated rings. The van der Waals surface area contributed by atoms with Gasteiger partial charge in [-0.2, -0.15) is 39.5 Å². The van der Waals surface area contributed by atoms with Gasteiger partial charge in [-0.25, -0.2) is 0 Å². The largest absolute Gasteiger partial charge is 0.435 e. The topological polar surface area (TPSA) is 38.7 Å². The molecule has 4 saturated carbocycles. The molecule has 0 aromatic heterocycles. The lowest BCUT2D eigenvalue weighted by Crippen LogP contribution is -2.67. The van der Waals surface area contributed by atoms with Crippen LogP contribution in [0, 0.1) is 46.3 Å². The molecule has 3 nitrogen and oxygen atoms in total. The predicted octanol–water partition coefficient (Wildman–Crippen LogP) is 13.6. The van der Waals surface area contributed by atoms with Gasteiger partial charge in [-0.1, -0.05) is 85.0 Å². The van der Waals surface area contributed by atoms with E-state index in [0.717, 1.165) is 64.4 Å². The van der Waals surface area contributed by atoms with Crippen LogP contribution in [0.3, 0.4) is 0 Å². The number of halogens is 9. The Morgan fingerprint density at radius 3 is 1.67 bits per heavy atom. The highest BCUT2D eigenvalue weighted by molar-refractivity contribution is 5.10. The minimum absolute atomic E-state index is 0.000493. The van der Waals surface area contributed by atoms with Crippen molar-refractivity contribution in [2.24, 2.45) is 46.3 Å². The molecule has 0 bridgehead atoms. The van der Waals surface area contributed by atoms with Crippen LogP contribution in [0.25, 0.3) is 0 Å². The van der Waals surface area contributed by atoms with Crippen LogP contribution in [0.15, 0.2) is 0 Å². The van der Waals surface area contributed by atoms with Crippen LogP contribution < -0.4 is 0 Å². The molecule has 4 aliphatic carbocycles. The number of hydrogen-bond donors (Lipinski definition) is 1. The lowest BCUT2D eigenvalue weighted by molar-refractivity contribution is -0.457. The first-order valence-electron chi connectivity index (χ1n) is 21.4. The maximum absolute atomic E-state index is 13.3. The van der Waals surface area contributed by atoms with Gasteiger partial charge >= 0.3 is 24.1 Å². The molecule has 318 valence electrons. The fourth-order valence-electron chi connectivity index (χ4n) is 12.1. The summed E-state index contributed by atoms with van der Waals surface area (Å²) in [5.74, 6) is 2.52. The highest BCUT2D eigenvalue weighted by Gasteiger charge is 2.85. The number of fused-ring (bicyclic) bond motifs is 5. The van der Waals surface area contributed by atoms with E-state index in [0.29, 0.717) is 36.4 Å². The number of hydrogen-bond acceptors (Lipinski definition) is 3. The van der Waals surface area contributed by atoms with E-state index in [4.69, 9.17) is 9.84 Å². The molecule has 0 unspecified atom stereocenters. The summed E-state index contributed by atoms with van der Waals surface area (Å²) in [4.78, 5) is 0. The van der Waals surface area contributed by atoms with Crippen molar-refractivity contribution < 1.29 is 54.1 Å². The molecule has 0 saturated heterocycles. The summed E-state index contributed by atoms with van der Waals surface area (Å²) in [5.41, 5.74) is -5.92. The summed E-state index contributed by atoms with van der Waals surface area (Å²) in [6.45, 7) is 6.63. The zero-order chi connectivity index (χ0) is 39.8. The van der Waals surface area contributed by atoms with Gasteiger partial charge in [0.25, 0.3) is 0 Å². The second kappa shape index (κ2) is 19.3. The van der Waals surface area contributed by atoms with Crippen LogP contribution in [-0.4, -0.2) is 55.2 Å². The molecule has 4 aliphatic rings. The fourth-order valence-corrected chi connectivity index (χ4v) is 12.1. The Bertz CT molecular complexity index is 1070. The van der Waals surface area contributed by atoms with E-state index < -0.39 is 30.7 Å². The average Bonchev–Trinajstić information content (AvgIpc) is 3.44. The average molecular weight is 793 g/mol. The molecule has 54 heavy (non-hydrogen) atoms. The van der Waals surface area contributed by atoms with Crippen LogP contribution in [-0.2, 0) is 9.47 Å². The van der Waals surface area contributed by atoms with Crippen molar-refractivity contribution in [3.63, 3.8) is 0 Å². The second-order valence-corrected chi connectivity index (χ2v) is 18.3. The van der Waals surface area contributed by atoms with Gasteiger partial charge < -0.3 is 14.6 Å². The van der Waals surface area contributed by atoms with Crippen molar-refractivity contribution in [3.8, 4) is 0 Å². The molecule has 4 rings (SSSR count). The molecule has 0 spiro atoms. The Hall–Kier alpha value is -0.750. The van der Waals surface area contributed by atoms with Crippen molar-refractivity contribution in [2.75, 3.05) is 19.8 Å². The Morgan fingerprint density at radius 2 is 1.11 bits per heavy atom. The van der Waals surface area contributed by atoms with Crippen molar-refractivity contribution in [1.82, 2.24) is 0 Å². The van der Waals surface area contributed by atoms with Gasteiger partial charge in [0.2, 0.25) is 0 Å². The van der Waals surface area contributed by atoms with Crippen LogP contribution in [0.1, 0.15) is 168 Å². The van der Waals surface area contributed by atoms with Gasteiger partial charge in [0.15, 0.2) is 0 Å². The molecular weight excluding hydrogens is 723 g/mol. The SMILES string of the molecule is C[C@H](CCCOC(C(F)(F)F)(C(F)(F)F)C(F)(F)F)[C@H]1CC[C@H]2[C@@H]3CC[C@@H]4C[C@H](OCCCCCCCCCCCCCCO)CC[C@]4(C)[C@H]3CC[C@]12C. The molecular formula is C42H69F9O3. The van der Waals surface area contributed by atoms with E-state index in [1.54, 1.807) is 0 Å². The molecule has 12 heteroatoms. The van der Waals surface area contributed by atoms with Gasteiger partial charge in [-0.15, -0.1) is 0 Å². The van der Waals surface area contributed by atoms with E-state index in [1.165, 1.54) is 77.0 Å². The molecule has 0 aromatic rings. The van der Waals surface area contributed by atoms with E-state index >= 15 is 0 Å². The minimum Gasteiger partial charge on any atom is -0.396 e. The van der Waals surface area contributed by atoms with Crippen LogP contribution in [0.2, 0.25) is 0 Å². The first kappa shape index (κ1) is 45.9. The van der Waals surface area contributed by atoms with E-state index in [2.05, 4.69) is 18.6 Å². The molecule has 0 aromatic carbocycles. The smallest absolute Gasteiger partial charge is 0.396 e. The molecule has 0 amide bonds. The first-order valence-corrected chi connectivity index (χ1v) is 21.4. The van der Waals surface area contributed by atoms with Crippen LogP contribution in [0.4, 0.5) is 39.5 Å². The van der Waals surface area contributed by atoms with E-state index in [-0.39, 0.29) is 35.5 Å². The summed E-state index contributed by atoms with van der Waals surface area (Å²) in [6, 6.07) is 0. The zero-order valence-corrected chi connectivity index (χ0v) is 33.1. The molecule has 0 heterocycles. The lowest BCUT2D eigenvalue weighted by Gasteiger charge is -2.61. The van der Waals surface area contributed by atoms with Crippen molar-refractivity contribution in [3.05, 3.63) is 0 Å². The second-order valence-electron chi connectivity index (χ2n) is 18.3. The highest BCUT2D eigenvalue weighted by Crippen LogP contribution is 2.68. The molecule has 0 radical (unpaired) electrons. The number of rotatable bonds is 21. The van der Waals surface area contributed by atoms with Crippen molar-refractivity contribution in [1.29, 1.82) is 0 Å². The van der Waals surface area contributed by atoms with Crippen LogP contribution >= 0.6 is 0 Å². The maximum atomic E-state index is 13.3. The molecule has 9 atom stereocenters. The minimum atomic E-state index is -6.69. The summed E-state index contributed by atoms with van der Waals surface area (Å²) in [6.07, 6.45) is 4.78. The number of aliphatic hydroxyl groups is 1.